The predicted molar refractivity (Wildman–Crippen MR) is 113 cm³/mol. The third-order valence-corrected chi connectivity index (χ3v) is 5.90. The van der Waals surface area contributed by atoms with Gasteiger partial charge in [0.1, 0.15) is 5.82 Å². The van der Waals surface area contributed by atoms with Gasteiger partial charge in [-0.05, 0) is 18.2 Å². The van der Waals surface area contributed by atoms with Crippen LogP contribution in [0.2, 0.25) is 5.02 Å². The zero-order valence-electron chi connectivity index (χ0n) is 15.3. The Labute approximate surface area is 173 Å². The van der Waals surface area contributed by atoms with Gasteiger partial charge in [0.2, 0.25) is 16.0 Å². The molecule has 0 aliphatic heterocycles. The number of nitrogens with two attached hydrogens (primary N) is 1. The third-order valence-electron chi connectivity index (χ3n) is 4.07. The fourth-order valence-electron chi connectivity index (χ4n) is 2.71. The Hall–Kier alpha value is -2.72. The molecule has 8 nitrogen and oxygen atoms in total. The first-order valence-corrected chi connectivity index (χ1v) is 10.6. The number of aromatic nitrogens is 2. The minimum atomic E-state index is -3.58. The molecular formula is C19H20ClN5O3S. The van der Waals surface area contributed by atoms with Gasteiger partial charge in [-0.3, -0.25) is 0 Å². The molecule has 10 heteroatoms. The molecule has 3 aromatic rings. The summed E-state index contributed by atoms with van der Waals surface area (Å²) >= 11 is 6.14. The van der Waals surface area contributed by atoms with Crippen molar-refractivity contribution in [1.29, 1.82) is 0 Å². The van der Waals surface area contributed by atoms with Gasteiger partial charge in [-0.15, -0.1) is 0 Å². The maximum absolute atomic E-state index is 12.2. The lowest BCUT2D eigenvalue weighted by atomic mass is 10.0. The lowest BCUT2D eigenvalue weighted by Gasteiger charge is -2.12. The number of aliphatic hydroxyl groups is 1. The highest BCUT2D eigenvalue weighted by molar-refractivity contribution is 7.89. The molecule has 152 valence electrons. The summed E-state index contributed by atoms with van der Waals surface area (Å²) in [5.41, 5.74) is 7.48. The highest BCUT2D eigenvalue weighted by Crippen LogP contribution is 2.29. The van der Waals surface area contributed by atoms with Crippen LogP contribution in [0.5, 0.6) is 0 Å². The summed E-state index contributed by atoms with van der Waals surface area (Å²) in [7, 11) is -3.58. The first-order chi connectivity index (χ1) is 13.9. The van der Waals surface area contributed by atoms with Crippen LogP contribution in [-0.2, 0) is 16.6 Å². The maximum Gasteiger partial charge on any atom is 0.240 e. The van der Waals surface area contributed by atoms with Crippen LogP contribution in [0.4, 0.5) is 11.8 Å². The maximum atomic E-state index is 12.2. The van der Waals surface area contributed by atoms with Gasteiger partial charge in [0.25, 0.3) is 0 Å². The lowest BCUT2D eigenvalue weighted by molar-refractivity contribution is 0.282. The summed E-state index contributed by atoms with van der Waals surface area (Å²) in [6, 6.07) is 15.0. The lowest BCUT2D eigenvalue weighted by Crippen LogP contribution is -2.29. The molecule has 0 saturated carbocycles. The average molecular weight is 434 g/mol. The first-order valence-electron chi connectivity index (χ1n) is 8.72. The Balaban J connectivity index is 1.69. The van der Waals surface area contributed by atoms with E-state index in [1.807, 2.05) is 0 Å². The molecule has 0 spiro atoms. The second-order valence-electron chi connectivity index (χ2n) is 6.06. The number of nitrogen functional groups attached to an aromatic ring is 1. The number of anilines is 2. The van der Waals surface area contributed by atoms with E-state index in [9.17, 15) is 13.5 Å². The minimum Gasteiger partial charge on any atom is -0.392 e. The number of sulfonamides is 1. The van der Waals surface area contributed by atoms with Gasteiger partial charge in [0, 0.05) is 35.3 Å². The first kappa shape index (κ1) is 21.0. The molecule has 0 bridgehead atoms. The summed E-state index contributed by atoms with van der Waals surface area (Å²) in [4.78, 5) is 8.52. The van der Waals surface area contributed by atoms with E-state index in [1.54, 1.807) is 42.5 Å². The van der Waals surface area contributed by atoms with Crippen molar-refractivity contribution in [3.8, 4) is 11.3 Å². The van der Waals surface area contributed by atoms with E-state index in [0.717, 1.165) is 0 Å². The average Bonchev–Trinajstić information content (AvgIpc) is 2.71. The van der Waals surface area contributed by atoms with E-state index in [2.05, 4.69) is 20.0 Å². The molecule has 0 unspecified atom stereocenters. The van der Waals surface area contributed by atoms with Crippen molar-refractivity contribution in [2.45, 2.75) is 11.5 Å². The molecular weight excluding hydrogens is 414 g/mol. The van der Waals surface area contributed by atoms with Crippen LogP contribution in [0, 0.1) is 0 Å². The van der Waals surface area contributed by atoms with E-state index in [1.165, 1.54) is 12.1 Å². The summed E-state index contributed by atoms with van der Waals surface area (Å²) in [5.74, 6) is 0.467. The van der Waals surface area contributed by atoms with Crippen molar-refractivity contribution in [3.63, 3.8) is 0 Å². The molecule has 2 aromatic carbocycles. The third kappa shape index (κ3) is 5.21. The Morgan fingerprint density at radius 3 is 2.52 bits per heavy atom. The van der Waals surface area contributed by atoms with Crippen LogP contribution in [0.3, 0.4) is 0 Å². The van der Waals surface area contributed by atoms with Crippen LogP contribution < -0.4 is 15.8 Å². The molecule has 1 heterocycles. The number of nitrogens with zero attached hydrogens (tertiary/aromatic N) is 2. The van der Waals surface area contributed by atoms with Crippen molar-refractivity contribution in [2.24, 2.45) is 0 Å². The number of nitrogens with one attached hydrogen (secondary N) is 2. The molecule has 29 heavy (non-hydrogen) atoms. The van der Waals surface area contributed by atoms with Crippen molar-refractivity contribution in [2.75, 3.05) is 24.1 Å². The number of halogens is 1. The fourth-order valence-corrected chi connectivity index (χ4v) is 4.00. The molecule has 0 aliphatic rings. The molecule has 0 atom stereocenters. The van der Waals surface area contributed by atoms with Crippen molar-refractivity contribution < 1.29 is 13.5 Å². The topological polar surface area (TPSA) is 130 Å². The summed E-state index contributed by atoms with van der Waals surface area (Å²) in [6.45, 7) is 0.183. The van der Waals surface area contributed by atoms with Gasteiger partial charge in [0.05, 0.1) is 17.2 Å². The Morgan fingerprint density at radius 2 is 1.79 bits per heavy atom. The summed E-state index contributed by atoms with van der Waals surface area (Å²) in [6.07, 6.45) is 0. The zero-order valence-corrected chi connectivity index (χ0v) is 16.9. The van der Waals surface area contributed by atoms with E-state index in [-0.39, 0.29) is 30.5 Å². The molecule has 3 rings (SSSR count). The largest absolute Gasteiger partial charge is 0.392 e. The standard InChI is InChI=1S/C19H20ClN5O3S/c20-16-8-4-7-14(15(16)12-26)17-11-18(25-19(21)24-17)22-9-10-23-29(27,28)13-5-2-1-3-6-13/h1-8,11,23,26H,9-10,12H2,(H3,21,22,24,25). The number of benzene rings is 2. The van der Waals surface area contributed by atoms with Crippen LogP contribution in [-0.4, -0.2) is 36.6 Å². The van der Waals surface area contributed by atoms with E-state index < -0.39 is 10.0 Å². The Bertz CT molecular complexity index is 1090. The van der Waals surface area contributed by atoms with Crippen LogP contribution in [0.15, 0.2) is 59.5 Å². The van der Waals surface area contributed by atoms with E-state index in [0.29, 0.717) is 27.7 Å². The molecule has 0 radical (unpaired) electrons. The van der Waals surface area contributed by atoms with Crippen LogP contribution >= 0.6 is 11.6 Å². The highest BCUT2D eigenvalue weighted by atomic mass is 35.5. The minimum absolute atomic E-state index is 0.0405. The predicted octanol–water partition coefficient (Wildman–Crippen LogP) is 2.26. The Morgan fingerprint density at radius 1 is 1.03 bits per heavy atom. The molecule has 0 fully saturated rings. The second kappa shape index (κ2) is 9.19. The number of rotatable bonds is 8. The van der Waals surface area contributed by atoms with Crippen molar-refractivity contribution >= 4 is 33.4 Å². The molecule has 1 aromatic heterocycles. The highest BCUT2D eigenvalue weighted by Gasteiger charge is 2.13. The van der Waals surface area contributed by atoms with Gasteiger partial charge in [-0.2, -0.15) is 4.98 Å². The molecule has 0 amide bonds. The number of hydrogen-bond acceptors (Lipinski definition) is 7. The van der Waals surface area contributed by atoms with Gasteiger partial charge in [-0.1, -0.05) is 41.9 Å². The van der Waals surface area contributed by atoms with E-state index >= 15 is 0 Å². The quantitative estimate of drug-likeness (QED) is 0.401. The fraction of sp³-hybridized carbons (Fsp3) is 0.158. The second-order valence-corrected chi connectivity index (χ2v) is 8.23. The van der Waals surface area contributed by atoms with Crippen LogP contribution in [0.25, 0.3) is 11.3 Å². The number of aliphatic hydroxyl groups excluding tert-OH is 1. The van der Waals surface area contributed by atoms with Crippen molar-refractivity contribution in [3.05, 3.63) is 65.2 Å². The monoisotopic (exact) mass is 433 g/mol. The van der Waals surface area contributed by atoms with Crippen molar-refractivity contribution in [1.82, 2.24) is 14.7 Å². The van der Waals surface area contributed by atoms with Crippen LogP contribution in [0.1, 0.15) is 5.56 Å². The molecule has 0 aliphatic carbocycles. The SMILES string of the molecule is Nc1nc(NCCNS(=O)(=O)c2ccccc2)cc(-c2cccc(Cl)c2CO)n1. The summed E-state index contributed by atoms with van der Waals surface area (Å²) in [5, 5.41) is 13.0. The number of hydrogen-bond donors (Lipinski definition) is 4. The molecule has 5 N–H and O–H groups in total. The summed E-state index contributed by atoms with van der Waals surface area (Å²) < 4.78 is 27.0. The van der Waals surface area contributed by atoms with Gasteiger partial charge in [0.15, 0.2) is 0 Å². The normalized spacial score (nSPS) is 11.4. The van der Waals surface area contributed by atoms with Gasteiger partial charge >= 0.3 is 0 Å². The smallest absolute Gasteiger partial charge is 0.240 e. The van der Waals surface area contributed by atoms with Gasteiger partial charge < -0.3 is 16.2 Å². The van der Waals surface area contributed by atoms with Gasteiger partial charge in [-0.25, -0.2) is 18.1 Å². The zero-order chi connectivity index (χ0) is 20.9. The van der Waals surface area contributed by atoms with E-state index in [4.69, 9.17) is 17.3 Å². The molecule has 0 saturated heterocycles. The Kier molecular flexibility index (Phi) is 6.65.